The largest absolute Gasteiger partial charge is 0.348 e. The molecule has 0 spiro atoms. The Hall–Kier alpha value is -1.45. The van der Waals surface area contributed by atoms with Gasteiger partial charge in [0.15, 0.2) is 0 Å². The summed E-state index contributed by atoms with van der Waals surface area (Å²) in [7, 11) is 0. The molecule has 0 bridgehead atoms. The van der Waals surface area contributed by atoms with E-state index in [1.807, 2.05) is 13.8 Å². The van der Waals surface area contributed by atoms with Crippen LogP contribution < -0.4 is 5.32 Å². The summed E-state index contributed by atoms with van der Waals surface area (Å²) in [6.45, 7) is 3.79. The molecule has 4 heteroatoms. The Balaban J connectivity index is 2.66. The van der Waals surface area contributed by atoms with E-state index in [9.17, 15) is 4.79 Å². The van der Waals surface area contributed by atoms with E-state index in [0.29, 0.717) is 5.69 Å². The highest BCUT2D eigenvalue weighted by atomic mass is 16.1. The van der Waals surface area contributed by atoms with Crippen LogP contribution in [0.2, 0.25) is 0 Å². The molecule has 1 aromatic heterocycles. The number of nitrogens with one attached hydrogen (secondary N) is 1. The lowest BCUT2D eigenvalue weighted by molar-refractivity contribution is 0.0937. The smallest absolute Gasteiger partial charge is 0.271 e. The van der Waals surface area contributed by atoms with Crippen molar-refractivity contribution in [3.63, 3.8) is 0 Å². The van der Waals surface area contributed by atoms with Gasteiger partial charge < -0.3 is 5.32 Å². The van der Waals surface area contributed by atoms with Gasteiger partial charge in [0.05, 0.1) is 6.20 Å². The molecule has 0 saturated carbocycles. The first-order chi connectivity index (χ1) is 5.70. The van der Waals surface area contributed by atoms with Crippen molar-refractivity contribution in [2.45, 2.75) is 19.9 Å². The minimum absolute atomic E-state index is 0.125. The SMILES string of the molecule is CC(C)NC(=O)c1cnccn1. The monoisotopic (exact) mass is 165 g/mol. The predicted octanol–water partition coefficient (Wildman–Crippen LogP) is 0.615. The molecule has 0 aromatic carbocycles. The lowest BCUT2D eigenvalue weighted by atomic mass is 10.3. The summed E-state index contributed by atoms with van der Waals surface area (Å²) in [4.78, 5) is 18.9. The quantitative estimate of drug-likeness (QED) is 0.698. The fraction of sp³-hybridized carbons (Fsp3) is 0.375. The fourth-order valence-electron chi connectivity index (χ4n) is 0.752. The molecule has 0 aliphatic rings. The second-order valence-electron chi connectivity index (χ2n) is 2.72. The molecule has 4 nitrogen and oxygen atoms in total. The zero-order chi connectivity index (χ0) is 8.97. The van der Waals surface area contributed by atoms with Crippen LogP contribution in [-0.4, -0.2) is 21.9 Å². The average Bonchev–Trinajstić information content (AvgIpc) is 2.05. The molecule has 1 amide bonds. The minimum atomic E-state index is -0.182. The maximum atomic E-state index is 11.2. The molecule has 0 unspecified atom stereocenters. The van der Waals surface area contributed by atoms with Crippen LogP contribution in [-0.2, 0) is 0 Å². The number of carbonyl (C=O) groups is 1. The van der Waals surface area contributed by atoms with Gasteiger partial charge in [0, 0.05) is 18.4 Å². The third-order valence-electron chi connectivity index (χ3n) is 1.22. The van der Waals surface area contributed by atoms with Crippen LogP contribution in [0.4, 0.5) is 0 Å². The Kier molecular flexibility index (Phi) is 2.74. The van der Waals surface area contributed by atoms with Gasteiger partial charge in [-0.2, -0.15) is 0 Å². The summed E-state index contributed by atoms with van der Waals surface area (Å²) in [6.07, 6.45) is 4.47. The Labute approximate surface area is 71.0 Å². The number of hydrogen-bond donors (Lipinski definition) is 1. The van der Waals surface area contributed by atoms with Gasteiger partial charge in [-0.15, -0.1) is 0 Å². The molecule has 1 N–H and O–H groups in total. The third-order valence-corrected chi connectivity index (χ3v) is 1.22. The molecule has 0 atom stereocenters. The minimum Gasteiger partial charge on any atom is -0.348 e. The fourth-order valence-corrected chi connectivity index (χ4v) is 0.752. The van der Waals surface area contributed by atoms with Crippen molar-refractivity contribution in [1.29, 1.82) is 0 Å². The topological polar surface area (TPSA) is 54.9 Å². The number of nitrogens with zero attached hydrogens (tertiary/aromatic N) is 2. The molecule has 0 aliphatic heterocycles. The molecule has 1 rings (SSSR count). The summed E-state index contributed by atoms with van der Waals surface area (Å²) in [6, 6.07) is 0.125. The molecule has 0 saturated heterocycles. The van der Waals surface area contributed by atoms with Crippen molar-refractivity contribution in [3.05, 3.63) is 24.3 Å². The van der Waals surface area contributed by atoms with E-state index in [-0.39, 0.29) is 11.9 Å². The zero-order valence-corrected chi connectivity index (χ0v) is 7.11. The second kappa shape index (κ2) is 3.80. The Morgan fingerprint density at radius 2 is 2.25 bits per heavy atom. The molecule has 1 heterocycles. The van der Waals surface area contributed by atoms with Crippen molar-refractivity contribution >= 4 is 5.91 Å². The van der Waals surface area contributed by atoms with Crippen LogP contribution in [0, 0.1) is 0 Å². The lowest BCUT2D eigenvalue weighted by Gasteiger charge is -2.06. The van der Waals surface area contributed by atoms with Gasteiger partial charge in [-0.05, 0) is 13.8 Å². The predicted molar refractivity (Wildman–Crippen MR) is 44.6 cm³/mol. The van der Waals surface area contributed by atoms with Crippen molar-refractivity contribution in [2.24, 2.45) is 0 Å². The van der Waals surface area contributed by atoms with Gasteiger partial charge >= 0.3 is 0 Å². The Bertz CT molecular complexity index is 258. The van der Waals surface area contributed by atoms with Gasteiger partial charge in [-0.1, -0.05) is 0 Å². The van der Waals surface area contributed by atoms with Gasteiger partial charge in [0.2, 0.25) is 0 Å². The van der Waals surface area contributed by atoms with Crippen LogP contribution >= 0.6 is 0 Å². The highest BCUT2D eigenvalue weighted by molar-refractivity contribution is 5.91. The first kappa shape index (κ1) is 8.64. The van der Waals surface area contributed by atoms with Gasteiger partial charge in [0.25, 0.3) is 5.91 Å². The normalized spacial score (nSPS) is 9.92. The van der Waals surface area contributed by atoms with Crippen LogP contribution in [0.3, 0.4) is 0 Å². The van der Waals surface area contributed by atoms with Crippen molar-refractivity contribution in [3.8, 4) is 0 Å². The Morgan fingerprint density at radius 1 is 1.50 bits per heavy atom. The first-order valence-corrected chi connectivity index (χ1v) is 3.77. The molecule has 1 aromatic rings. The molecule has 0 fully saturated rings. The van der Waals surface area contributed by atoms with E-state index >= 15 is 0 Å². The third kappa shape index (κ3) is 2.30. The van der Waals surface area contributed by atoms with Crippen LogP contribution in [0.15, 0.2) is 18.6 Å². The zero-order valence-electron chi connectivity index (χ0n) is 7.11. The van der Waals surface area contributed by atoms with Crippen molar-refractivity contribution in [1.82, 2.24) is 15.3 Å². The van der Waals surface area contributed by atoms with Gasteiger partial charge in [-0.25, -0.2) is 4.98 Å². The summed E-state index contributed by atoms with van der Waals surface area (Å²) < 4.78 is 0. The highest BCUT2D eigenvalue weighted by Gasteiger charge is 2.06. The Morgan fingerprint density at radius 3 is 2.75 bits per heavy atom. The van der Waals surface area contributed by atoms with Gasteiger partial charge in [0.1, 0.15) is 5.69 Å². The standard InChI is InChI=1S/C8H11N3O/c1-6(2)11-8(12)7-5-9-3-4-10-7/h3-6H,1-2H3,(H,11,12). The molecule has 12 heavy (non-hydrogen) atoms. The summed E-state index contributed by atoms with van der Waals surface area (Å²) in [5.74, 6) is -0.182. The van der Waals surface area contributed by atoms with E-state index in [1.54, 1.807) is 0 Å². The van der Waals surface area contributed by atoms with E-state index in [2.05, 4.69) is 15.3 Å². The van der Waals surface area contributed by atoms with E-state index < -0.39 is 0 Å². The number of aromatic nitrogens is 2. The molecular formula is C8H11N3O. The summed E-state index contributed by atoms with van der Waals surface area (Å²) >= 11 is 0. The number of amides is 1. The first-order valence-electron chi connectivity index (χ1n) is 3.77. The summed E-state index contributed by atoms with van der Waals surface area (Å²) in [5, 5.41) is 2.72. The molecule has 0 radical (unpaired) electrons. The van der Waals surface area contributed by atoms with Crippen molar-refractivity contribution in [2.75, 3.05) is 0 Å². The van der Waals surface area contributed by atoms with Crippen molar-refractivity contribution < 1.29 is 4.79 Å². The van der Waals surface area contributed by atoms with E-state index in [1.165, 1.54) is 18.6 Å². The molecule has 64 valence electrons. The average molecular weight is 165 g/mol. The second-order valence-corrected chi connectivity index (χ2v) is 2.72. The lowest BCUT2D eigenvalue weighted by Crippen LogP contribution is -2.30. The molecule has 0 aliphatic carbocycles. The highest BCUT2D eigenvalue weighted by Crippen LogP contribution is 1.90. The number of rotatable bonds is 2. The maximum absolute atomic E-state index is 11.2. The van der Waals surface area contributed by atoms with Crippen LogP contribution in [0.5, 0.6) is 0 Å². The number of hydrogen-bond acceptors (Lipinski definition) is 3. The van der Waals surface area contributed by atoms with E-state index in [0.717, 1.165) is 0 Å². The van der Waals surface area contributed by atoms with Gasteiger partial charge in [-0.3, -0.25) is 9.78 Å². The van der Waals surface area contributed by atoms with Crippen LogP contribution in [0.25, 0.3) is 0 Å². The maximum Gasteiger partial charge on any atom is 0.271 e. The molecular weight excluding hydrogens is 154 g/mol. The number of carbonyl (C=O) groups excluding carboxylic acids is 1. The van der Waals surface area contributed by atoms with E-state index in [4.69, 9.17) is 0 Å². The summed E-state index contributed by atoms with van der Waals surface area (Å²) in [5.41, 5.74) is 0.353. The van der Waals surface area contributed by atoms with Crippen LogP contribution in [0.1, 0.15) is 24.3 Å².